The van der Waals surface area contributed by atoms with Crippen molar-refractivity contribution in [3.05, 3.63) is 59.0 Å². The van der Waals surface area contributed by atoms with Crippen molar-refractivity contribution in [1.82, 2.24) is 0 Å². The Bertz CT molecular complexity index is 803. The first kappa shape index (κ1) is 11.3. The van der Waals surface area contributed by atoms with Crippen LogP contribution in [0, 0.1) is 0 Å². The van der Waals surface area contributed by atoms with Crippen molar-refractivity contribution < 1.29 is 14.6 Å². The zero-order chi connectivity index (χ0) is 13.4. The summed E-state index contributed by atoms with van der Waals surface area (Å²) >= 11 is 0. The summed E-state index contributed by atoms with van der Waals surface area (Å²) in [5.41, 5.74) is 1.11. The molecule has 0 radical (unpaired) electrons. The van der Waals surface area contributed by atoms with Crippen molar-refractivity contribution in [2.45, 2.75) is 0 Å². The maximum Gasteiger partial charge on any atom is 0.382 e. The smallest absolute Gasteiger partial charge is 0.382 e. The van der Waals surface area contributed by atoms with Crippen LogP contribution in [-0.2, 0) is 0 Å². The highest BCUT2D eigenvalue weighted by Crippen LogP contribution is 2.33. The summed E-state index contributed by atoms with van der Waals surface area (Å²) < 4.78 is 4.90. The van der Waals surface area contributed by atoms with Gasteiger partial charge in [0.15, 0.2) is 5.75 Å². The van der Waals surface area contributed by atoms with E-state index in [1.807, 2.05) is 30.3 Å². The molecule has 0 aliphatic carbocycles. The molecule has 3 aromatic rings. The number of rotatable bonds is 1. The molecule has 0 atom stereocenters. The Morgan fingerprint density at radius 3 is 2.32 bits per heavy atom. The molecule has 94 valence electrons. The molecule has 4 heteroatoms. The fourth-order valence-corrected chi connectivity index (χ4v) is 1.99. The molecule has 0 saturated heterocycles. The maximum absolute atomic E-state index is 11.2. The van der Waals surface area contributed by atoms with Gasteiger partial charge in [0, 0.05) is 0 Å². The first-order valence-corrected chi connectivity index (χ1v) is 5.71. The minimum absolute atomic E-state index is 0.236. The molecule has 0 fully saturated rings. The largest absolute Gasteiger partial charge is 0.504 e. The van der Waals surface area contributed by atoms with Gasteiger partial charge in [0.25, 0.3) is 0 Å². The summed E-state index contributed by atoms with van der Waals surface area (Å²) in [6.07, 6.45) is 0. The fraction of sp³-hybridized carbons (Fsp3) is 0. The standard InChI is InChI=1S/C15H10O4/c16-13-11-8-10(9-4-2-1-3-5-9)6-7-12(11)19-15(18)14(13)17/h1-8,16-17H. The molecule has 0 amide bonds. The lowest BCUT2D eigenvalue weighted by molar-refractivity contribution is 0.378. The van der Waals surface area contributed by atoms with Gasteiger partial charge in [0.05, 0.1) is 5.39 Å². The molecule has 1 heterocycles. The predicted molar refractivity (Wildman–Crippen MR) is 71.2 cm³/mol. The molecule has 4 nitrogen and oxygen atoms in total. The van der Waals surface area contributed by atoms with Crippen LogP contribution in [0.15, 0.2) is 57.7 Å². The Morgan fingerprint density at radius 2 is 1.58 bits per heavy atom. The van der Waals surface area contributed by atoms with Crippen molar-refractivity contribution in [2.24, 2.45) is 0 Å². The van der Waals surface area contributed by atoms with E-state index in [1.54, 1.807) is 18.2 Å². The Labute approximate surface area is 108 Å². The second kappa shape index (κ2) is 4.17. The second-order valence-electron chi connectivity index (χ2n) is 4.16. The van der Waals surface area contributed by atoms with E-state index in [-0.39, 0.29) is 5.58 Å². The summed E-state index contributed by atoms with van der Waals surface area (Å²) in [4.78, 5) is 11.2. The quantitative estimate of drug-likeness (QED) is 0.655. The van der Waals surface area contributed by atoms with Crippen LogP contribution in [0.3, 0.4) is 0 Å². The monoisotopic (exact) mass is 254 g/mol. The number of fused-ring (bicyclic) bond motifs is 1. The van der Waals surface area contributed by atoms with Crippen molar-refractivity contribution in [2.75, 3.05) is 0 Å². The lowest BCUT2D eigenvalue weighted by Crippen LogP contribution is -1.98. The van der Waals surface area contributed by atoms with Gasteiger partial charge in [-0.3, -0.25) is 0 Å². The molecular weight excluding hydrogens is 244 g/mol. The minimum Gasteiger partial charge on any atom is -0.504 e. The average Bonchev–Trinajstić information content (AvgIpc) is 2.46. The van der Waals surface area contributed by atoms with Crippen molar-refractivity contribution in [3.63, 3.8) is 0 Å². The Morgan fingerprint density at radius 1 is 0.842 bits per heavy atom. The minimum atomic E-state index is -0.947. The normalized spacial score (nSPS) is 10.7. The van der Waals surface area contributed by atoms with Gasteiger partial charge in [-0.25, -0.2) is 4.79 Å². The van der Waals surface area contributed by atoms with E-state index in [9.17, 15) is 15.0 Å². The summed E-state index contributed by atoms with van der Waals surface area (Å²) in [7, 11) is 0. The predicted octanol–water partition coefficient (Wildman–Crippen LogP) is 2.87. The second-order valence-corrected chi connectivity index (χ2v) is 4.16. The fourth-order valence-electron chi connectivity index (χ4n) is 1.99. The van der Waals surface area contributed by atoms with Crippen molar-refractivity contribution >= 4 is 11.0 Å². The molecule has 0 aliphatic heterocycles. The first-order valence-electron chi connectivity index (χ1n) is 5.71. The molecule has 2 N–H and O–H groups in total. The van der Waals surface area contributed by atoms with Gasteiger partial charge in [-0.15, -0.1) is 0 Å². The Hall–Kier alpha value is -2.75. The zero-order valence-corrected chi connectivity index (χ0v) is 9.83. The molecule has 2 aromatic carbocycles. The van der Waals surface area contributed by atoms with E-state index >= 15 is 0 Å². The molecule has 19 heavy (non-hydrogen) atoms. The van der Waals surface area contributed by atoms with Crippen molar-refractivity contribution in [3.8, 4) is 22.6 Å². The van der Waals surface area contributed by atoms with Crippen molar-refractivity contribution in [1.29, 1.82) is 0 Å². The van der Waals surface area contributed by atoms with Crippen LogP contribution in [0.1, 0.15) is 0 Å². The number of aromatic hydroxyl groups is 2. The van der Waals surface area contributed by atoms with Gasteiger partial charge in [0.2, 0.25) is 5.75 Å². The summed E-state index contributed by atoms with van der Waals surface area (Å²) in [5.74, 6) is -1.22. The van der Waals surface area contributed by atoms with Gasteiger partial charge in [-0.2, -0.15) is 0 Å². The van der Waals surface area contributed by atoms with E-state index in [0.29, 0.717) is 5.39 Å². The molecule has 0 spiro atoms. The highest BCUT2D eigenvalue weighted by molar-refractivity contribution is 5.89. The van der Waals surface area contributed by atoms with Gasteiger partial charge in [0.1, 0.15) is 5.58 Å². The Balaban J connectivity index is 2.30. The van der Waals surface area contributed by atoms with Gasteiger partial charge in [-0.05, 0) is 23.3 Å². The van der Waals surface area contributed by atoms with Gasteiger partial charge >= 0.3 is 5.63 Å². The number of hydrogen-bond acceptors (Lipinski definition) is 4. The number of hydrogen-bond donors (Lipinski definition) is 2. The van der Waals surface area contributed by atoms with E-state index in [1.165, 1.54) is 0 Å². The van der Waals surface area contributed by atoms with E-state index in [4.69, 9.17) is 4.42 Å². The highest BCUT2D eigenvalue weighted by atomic mass is 16.4. The van der Waals surface area contributed by atoms with E-state index in [2.05, 4.69) is 0 Å². The molecule has 0 unspecified atom stereocenters. The molecule has 0 saturated carbocycles. The molecule has 0 aliphatic rings. The summed E-state index contributed by atoms with van der Waals surface area (Å²) in [6, 6.07) is 14.6. The topological polar surface area (TPSA) is 70.7 Å². The van der Waals surface area contributed by atoms with Gasteiger partial charge in [-0.1, -0.05) is 36.4 Å². The summed E-state index contributed by atoms with van der Waals surface area (Å²) in [6.45, 7) is 0. The van der Waals surface area contributed by atoms with E-state index < -0.39 is 17.1 Å². The lowest BCUT2D eigenvalue weighted by atomic mass is 10.0. The third-order valence-electron chi connectivity index (χ3n) is 2.96. The van der Waals surface area contributed by atoms with Crippen LogP contribution in [0.5, 0.6) is 11.5 Å². The zero-order valence-electron chi connectivity index (χ0n) is 9.83. The molecule has 0 bridgehead atoms. The van der Waals surface area contributed by atoms with Crippen LogP contribution < -0.4 is 5.63 Å². The van der Waals surface area contributed by atoms with Crippen LogP contribution in [0.2, 0.25) is 0 Å². The molecule has 3 rings (SSSR count). The van der Waals surface area contributed by atoms with Crippen LogP contribution in [0.4, 0.5) is 0 Å². The van der Waals surface area contributed by atoms with E-state index in [0.717, 1.165) is 11.1 Å². The molecular formula is C15H10O4. The summed E-state index contributed by atoms with van der Waals surface area (Å²) in [5, 5.41) is 19.5. The third-order valence-corrected chi connectivity index (χ3v) is 2.96. The highest BCUT2D eigenvalue weighted by Gasteiger charge is 2.13. The Kier molecular flexibility index (Phi) is 2.49. The van der Waals surface area contributed by atoms with Crippen LogP contribution in [-0.4, -0.2) is 10.2 Å². The van der Waals surface area contributed by atoms with Gasteiger partial charge < -0.3 is 14.6 Å². The maximum atomic E-state index is 11.2. The van der Waals surface area contributed by atoms with Crippen LogP contribution in [0.25, 0.3) is 22.1 Å². The SMILES string of the molecule is O=c1oc2ccc(-c3ccccc3)cc2c(O)c1O. The van der Waals surface area contributed by atoms with Crippen LogP contribution >= 0.6 is 0 Å². The first-order chi connectivity index (χ1) is 9.16. The average molecular weight is 254 g/mol. The third kappa shape index (κ3) is 1.83. The molecule has 1 aromatic heterocycles. The lowest BCUT2D eigenvalue weighted by Gasteiger charge is -2.05. The number of benzene rings is 2.